The van der Waals surface area contributed by atoms with Crippen molar-refractivity contribution in [3.8, 4) is 0 Å². The van der Waals surface area contributed by atoms with Gasteiger partial charge in [-0.3, -0.25) is 0 Å². The van der Waals surface area contributed by atoms with Gasteiger partial charge in [-0.25, -0.2) is 14.8 Å². The first-order valence-corrected chi connectivity index (χ1v) is 7.30. The van der Waals surface area contributed by atoms with Crippen molar-refractivity contribution in [1.82, 2.24) is 9.97 Å². The number of hydrogen-bond donors (Lipinski definition) is 2. The van der Waals surface area contributed by atoms with E-state index in [9.17, 15) is 4.79 Å². The Morgan fingerprint density at radius 3 is 2.57 bits per heavy atom. The molecule has 0 bridgehead atoms. The third-order valence-electron chi connectivity index (χ3n) is 2.57. The Morgan fingerprint density at radius 2 is 2.00 bits per heavy atom. The lowest BCUT2D eigenvalue weighted by Crippen LogP contribution is -2.09. The minimum atomic E-state index is -1.15. The minimum Gasteiger partial charge on any atom is -0.475 e. The first-order chi connectivity index (χ1) is 9.52. The molecule has 0 radical (unpaired) electrons. The van der Waals surface area contributed by atoms with Crippen LogP contribution in [0.5, 0.6) is 0 Å². The van der Waals surface area contributed by atoms with Gasteiger partial charge >= 0.3 is 5.97 Å². The minimum absolute atomic E-state index is 0. The fourth-order valence-corrected chi connectivity index (χ4v) is 2.39. The summed E-state index contributed by atoms with van der Waals surface area (Å²) in [6.07, 6.45) is 1.82. The standard InChI is InChI=1S/C13H12ClN3O2S.ClH/c1-7-10(16-9-6-4-3-5-8(9)14)12(20-2)17-11(15-7)13(18)19;/h3-6,16H,1-2H3,(H,18,19);1H. The Bertz CT molecular complexity index is 668. The number of carbonyl (C=O) groups is 1. The SMILES string of the molecule is CSc1nc(C(=O)O)nc(C)c1Nc1ccccc1Cl.Cl. The highest BCUT2D eigenvalue weighted by atomic mass is 35.5. The average molecular weight is 346 g/mol. The van der Waals surface area contributed by atoms with E-state index in [4.69, 9.17) is 16.7 Å². The van der Waals surface area contributed by atoms with Crippen molar-refractivity contribution in [1.29, 1.82) is 0 Å². The largest absolute Gasteiger partial charge is 0.475 e. The maximum absolute atomic E-state index is 11.0. The van der Waals surface area contributed by atoms with Gasteiger partial charge in [0, 0.05) is 0 Å². The molecule has 8 heteroatoms. The zero-order valence-corrected chi connectivity index (χ0v) is 13.6. The summed E-state index contributed by atoms with van der Waals surface area (Å²) >= 11 is 7.45. The molecule has 21 heavy (non-hydrogen) atoms. The van der Waals surface area contributed by atoms with E-state index in [1.54, 1.807) is 13.0 Å². The van der Waals surface area contributed by atoms with E-state index < -0.39 is 5.97 Å². The lowest BCUT2D eigenvalue weighted by Gasteiger charge is -2.13. The van der Waals surface area contributed by atoms with E-state index in [0.717, 1.165) is 5.69 Å². The molecule has 1 aromatic heterocycles. The maximum Gasteiger partial charge on any atom is 0.373 e. The monoisotopic (exact) mass is 345 g/mol. The molecule has 0 amide bonds. The van der Waals surface area contributed by atoms with Gasteiger partial charge in [0.1, 0.15) is 5.03 Å². The molecule has 0 aliphatic rings. The Morgan fingerprint density at radius 1 is 1.33 bits per heavy atom. The molecule has 0 saturated carbocycles. The highest BCUT2D eigenvalue weighted by Crippen LogP contribution is 2.31. The van der Waals surface area contributed by atoms with E-state index in [2.05, 4.69) is 15.3 Å². The third-order valence-corrected chi connectivity index (χ3v) is 3.59. The number of benzene rings is 1. The zero-order chi connectivity index (χ0) is 14.7. The number of hydrogen-bond acceptors (Lipinski definition) is 5. The van der Waals surface area contributed by atoms with E-state index in [0.29, 0.717) is 21.4 Å². The van der Waals surface area contributed by atoms with Crippen LogP contribution in [0.3, 0.4) is 0 Å². The molecule has 2 aromatic rings. The highest BCUT2D eigenvalue weighted by Gasteiger charge is 2.16. The maximum atomic E-state index is 11.0. The molecule has 2 rings (SSSR count). The summed E-state index contributed by atoms with van der Waals surface area (Å²) in [4.78, 5) is 19.0. The first kappa shape index (κ1) is 17.6. The molecule has 1 aromatic carbocycles. The van der Waals surface area contributed by atoms with Crippen molar-refractivity contribution >= 4 is 53.1 Å². The smallest absolute Gasteiger partial charge is 0.373 e. The van der Waals surface area contributed by atoms with Crippen LogP contribution in [-0.4, -0.2) is 27.3 Å². The van der Waals surface area contributed by atoms with Crippen LogP contribution in [0.1, 0.15) is 16.3 Å². The summed E-state index contributed by atoms with van der Waals surface area (Å²) in [7, 11) is 0. The van der Waals surface area contributed by atoms with Crippen molar-refractivity contribution < 1.29 is 9.90 Å². The molecule has 0 spiro atoms. The lowest BCUT2D eigenvalue weighted by atomic mass is 10.3. The number of para-hydroxylation sites is 1. The number of carboxylic acid groups (broad SMARTS) is 1. The number of halogens is 2. The molecule has 5 nitrogen and oxygen atoms in total. The van der Waals surface area contributed by atoms with Crippen molar-refractivity contribution in [3.05, 3.63) is 40.8 Å². The van der Waals surface area contributed by atoms with Gasteiger partial charge in [0.05, 0.1) is 22.1 Å². The van der Waals surface area contributed by atoms with Gasteiger partial charge in [-0.05, 0) is 25.3 Å². The molecule has 0 saturated heterocycles. The summed E-state index contributed by atoms with van der Waals surface area (Å²) in [6.45, 7) is 1.73. The average Bonchev–Trinajstić information content (AvgIpc) is 2.42. The second-order valence-electron chi connectivity index (χ2n) is 3.93. The Balaban J connectivity index is 0.00000220. The summed E-state index contributed by atoms with van der Waals surface area (Å²) in [6, 6.07) is 7.29. The Labute approximate surface area is 137 Å². The summed E-state index contributed by atoms with van der Waals surface area (Å²) in [5, 5.41) is 13.3. The van der Waals surface area contributed by atoms with Crippen molar-refractivity contribution in [2.24, 2.45) is 0 Å². The molecule has 0 unspecified atom stereocenters. The van der Waals surface area contributed by atoms with Crippen LogP contribution in [0.15, 0.2) is 29.3 Å². The topological polar surface area (TPSA) is 75.1 Å². The predicted molar refractivity (Wildman–Crippen MR) is 87.5 cm³/mol. The van der Waals surface area contributed by atoms with Crippen molar-refractivity contribution in [2.75, 3.05) is 11.6 Å². The fourth-order valence-electron chi connectivity index (χ4n) is 1.63. The number of thioether (sulfide) groups is 1. The van der Waals surface area contributed by atoms with E-state index in [-0.39, 0.29) is 18.2 Å². The van der Waals surface area contributed by atoms with Crippen LogP contribution < -0.4 is 5.32 Å². The molecular formula is C13H13Cl2N3O2S. The fraction of sp³-hybridized carbons (Fsp3) is 0.154. The molecule has 112 valence electrons. The van der Waals surface area contributed by atoms with Crippen LogP contribution in [0, 0.1) is 6.92 Å². The van der Waals surface area contributed by atoms with Crippen LogP contribution in [0.2, 0.25) is 5.02 Å². The molecule has 0 fully saturated rings. The number of nitrogens with one attached hydrogen (secondary N) is 1. The zero-order valence-electron chi connectivity index (χ0n) is 11.3. The van der Waals surface area contributed by atoms with Gasteiger partial charge in [-0.15, -0.1) is 24.2 Å². The molecule has 0 atom stereocenters. The van der Waals surface area contributed by atoms with Gasteiger partial charge in [-0.2, -0.15) is 0 Å². The quantitative estimate of drug-likeness (QED) is 0.643. The second kappa shape index (κ2) is 7.49. The van der Waals surface area contributed by atoms with Crippen LogP contribution >= 0.6 is 35.8 Å². The van der Waals surface area contributed by atoms with Crippen LogP contribution in [0.4, 0.5) is 11.4 Å². The number of nitrogens with zero attached hydrogens (tertiary/aromatic N) is 2. The van der Waals surface area contributed by atoms with Gasteiger partial charge in [-0.1, -0.05) is 23.7 Å². The first-order valence-electron chi connectivity index (χ1n) is 5.70. The molecule has 2 N–H and O–H groups in total. The van der Waals surface area contributed by atoms with E-state index in [1.165, 1.54) is 11.8 Å². The summed E-state index contributed by atoms with van der Waals surface area (Å²) in [5.74, 6) is -1.36. The van der Waals surface area contributed by atoms with E-state index in [1.807, 2.05) is 24.5 Å². The van der Waals surface area contributed by atoms with Crippen molar-refractivity contribution in [2.45, 2.75) is 11.9 Å². The Kier molecular flexibility index (Phi) is 6.26. The predicted octanol–water partition coefficient (Wildman–Crippen LogP) is 4.02. The highest BCUT2D eigenvalue weighted by molar-refractivity contribution is 7.98. The molecule has 0 aliphatic heterocycles. The third kappa shape index (κ3) is 4.00. The molecule has 0 aliphatic carbocycles. The normalized spacial score (nSPS) is 9.86. The molecular weight excluding hydrogens is 333 g/mol. The number of carboxylic acids is 1. The van der Waals surface area contributed by atoms with E-state index >= 15 is 0 Å². The Hall–Kier alpha value is -1.50. The number of aromatic nitrogens is 2. The van der Waals surface area contributed by atoms with Gasteiger partial charge < -0.3 is 10.4 Å². The van der Waals surface area contributed by atoms with Crippen LogP contribution in [0.25, 0.3) is 0 Å². The van der Waals surface area contributed by atoms with Gasteiger partial charge in [0.15, 0.2) is 0 Å². The number of anilines is 2. The van der Waals surface area contributed by atoms with Crippen LogP contribution in [-0.2, 0) is 0 Å². The second-order valence-corrected chi connectivity index (χ2v) is 5.13. The number of aryl methyl sites for hydroxylation is 1. The van der Waals surface area contributed by atoms with Gasteiger partial charge in [0.2, 0.25) is 5.82 Å². The lowest BCUT2D eigenvalue weighted by molar-refractivity contribution is 0.0682. The molecule has 1 heterocycles. The number of aromatic carboxylic acids is 1. The number of rotatable bonds is 4. The van der Waals surface area contributed by atoms with Crippen molar-refractivity contribution in [3.63, 3.8) is 0 Å². The van der Waals surface area contributed by atoms with Gasteiger partial charge in [0.25, 0.3) is 0 Å². The summed E-state index contributed by atoms with van der Waals surface area (Å²) < 4.78 is 0. The summed E-state index contributed by atoms with van der Waals surface area (Å²) in [5.41, 5.74) is 1.94.